The summed E-state index contributed by atoms with van der Waals surface area (Å²) < 4.78 is 39.6. The van der Waals surface area contributed by atoms with Crippen LogP contribution in [0.5, 0.6) is 0 Å². The maximum atomic E-state index is 12.7. The van der Waals surface area contributed by atoms with Gasteiger partial charge in [0.05, 0.1) is 6.04 Å². The average Bonchev–Trinajstić information content (AvgIpc) is 3.05. The zero-order valence-corrected chi connectivity index (χ0v) is 13.5. The Kier molecular flexibility index (Phi) is 4.33. The van der Waals surface area contributed by atoms with Crippen molar-refractivity contribution in [3.05, 3.63) is 30.2 Å². The molecule has 3 rings (SSSR count). The molecule has 0 aliphatic carbocycles. The third-order valence-corrected chi connectivity index (χ3v) is 4.04. The molecule has 9 heteroatoms. The minimum atomic E-state index is -4.41. The first-order valence-electron chi connectivity index (χ1n) is 7.72. The Morgan fingerprint density at radius 1 is 1.25 bits per heavy atom. The van der Waals surface area contributed by atoms with Crippen LogP contribution in [0.1, 0.15) is 24.6 Å². The zero-order valence-electron chi connectivity index (χ0n) is 13.5. The van der Waals surface area contributed by atoms with Gasteiger partial charge in [-0.1, -0.05) is 0 Å². The van der Waals surface area contributed by atoms with Crippen molar-refractivity contribution in [3.63, 3.8) is 0 Å². The van der Waals surface area contributed by atoms with E-state index in [-0.39, 0.29) is 6.04 Å². The first-order valence-corrected chi connectivity index (χ1v) is 7.72. The Morgan fingerprint density at radius 3 is 2.71 bits per heavy atom. The quantitative estimate of drug-likeness (QED) is 0.860. The number of piperidine rings is 1. The van der Waals surface area contributed by atoms with Crippen molar-refractivity contribution in [1.82, 2.24) is 19.7 Å². The smallest absolute Gasteiger partial charge is 0.363 e. The summed E-state index contributed by atoms with van der Waals surface area (Å²) in [6.45, 7) is 1.32. The average molecular weight is 340 g/mol. The number of nitrogens with zero attached hydrogens (tertiary/aromatic N) is 6. The van der Waals surface area contributed by atoms with E-state index in [0.29, 0.717) is 12.5 Å². The number of rotatable bonds is 3. The predicted molar refractivity (Wildman–Crippen MR) is 84.1 cm³/mol. The molecular weight excluding hydrogens is 321 g/mol. The van der Waals surface area contributed by atoms with Gasteiger partial charge in [-0.3, -0.25) is 4.68 Å². The molecule has 24 heavy (non-hydrogen) atoms. The van der Waals surface area contributed by atoms with E-state index in [4.69, 9.17) is 0 Å². The lowest BCUT2D eigenvalue weighted by Crippen LogP contribution is -2.38. The first kappa shape index (κ1) is 16.5. The van der Waals surface area contributed by atoms with Crippen molar-refractivity contribution in [2.75, 3.05) is 37.0 Å². The van der Waals surface area contributed by atoms with Crippen LogP contribution in [0.4, 0.5) is 24.9 Å². The highest BCUT2D eigenvalue weighted by molar-refractivity contribution is 5.42. The van der Waals surface area contributed by atoms with Gasteiger partial charge in [0.15, 0.2) is 5.69 Å². The molecule has 1 aliphatic heterocycles. The van der Waals surface area contributed by atoms with Gasteiger partial charge in [0.25, 0.3) is 0 Å². The molecule has 2 aromatic heterocycles. The highest BCUT2D eigenvalue weighted by Gasteiger charge is 2.34. The maximum Gasteiger partial charge on any atom is 0.435 e. The number of anilines is 2. The topological polar surface area (TPSA) is 50.1 Å². The second-order valence-electron chi connectivity index (χ2n) is 6.03. The lowest BCUT2D eigenvalue weighted by Gasteiger charge is -2.33. The maximum absolute atomic E-state index is 12.7. The van der Waals surface area contributed by atoms with E-state index in [1.54, 1.807) is 6.20 Å². The van der Waals surface area contributed by atoms with Crippen molar-refractivity contribution >= 4 is 11.8 Å². The molecule has 130 valence electrons. The molecule has 0 amide bonds. The molecular formula is C15H19F3N6. The third kappa shape index (κ3) is 3.44. The van der Waals surface area contributed by atoms with Crippen LogP contribution in [0.3, 0.4) is 0 Å². The van der Waals surface area contributed by atoms with Crippen LogP contribution in [-0.4, -0.2) is 46.9 Å². The van der Waals surface area contributed by atoms with Crippen LogP contribution >= 0.6 is 0 Å². The van der Waals surface area contributed by atoms with Crippen molar-refractivity contribution in [3.8, 4) is 0 Å². The van der Waals surface area contributed by atoms with Gasteiger partial charge in [-0.05, 0) is 25.0 Å². The summed E-state index contributed by atoms with van der Waals surface area (Å²) in [6, 6.07) is 2.71. The largest absolute Gasteiger partial charge is 0.435 e. The normalized spacial score (nSPS) is 18.7. The van der Waals surface area contributed by atoms with Crippen LogP contribution in [-0.2, 0) is 6.18 Å². The molecule has 1 atom stereocenters. The van der Waals surface area contributed by atoms with Crippen molar-refractivity contribution in [1.29, 1.82) is 0 Å². The standard InChI is InChI=1S/C15H19F3N6/c1-22(2)13-5-7-19-14(20-13)23-8-3-4-11(10-23)24-9-6-12(21-24)15(16,17)18/h5-7,9,11H,3-4,8,10H2,1-2H3. The van der Waals surface area contributed by atoms with E-state index >= 15 is 0 Å². The summed E-state index contributed by atoms with van der Waals surface area (Å²) in [5, 5.41) is 3.70. The molecule has 2 aromatic rings. The van der Waals surface area contributed by atoms with E-state index < -0.39 is 11.9 Å². The summed E-state index contributed by atoms with van der Waals surface area (Å²) in [6.07, 6.45) is 0.304. The Morgan fingerprint density at radius 2 is 2.04 bits per heavy atom. The number of alkyl halides is 3. The third-order valence-electron chi connectivity index (χ3n) is 4.04. The Labute approximate surface area is 137 Å². The number of hydrogen-bond donors (Lipinski definition) is 0. The number of halogens is 3. The van der Waals surface area contributed by atoms with Gasteiger partial charge in [-0.2, -0.15) is 23.3 Å². The molecule has 0 aromatic carbocycles. The number of hydrogen-bond acceptors (Lipinski definition) is 5. The molecule has 0 bridgehead atoms. The monoisotopic (exact) mass is 340 g/mol. The molecule has 0 N–H and O–H groups in total. The van der Waals surface area contributed by atoms with Gasteiger partial charge in [0.2, 0.25) is 5.95 Å². The first-order chi connectivity index (χ1) is 11.3. The van der Waals surface area contributed by atoms with E-state index in [2.05, 4.69) is 15.1 Å². The summed E-state index contributed by atoms with van der Waals surface area (Å²) in [5.74, 6) is 1.38. The predicted octanol–water partition coefficient (Wildman–Crippen LogP) is 2.60. The van der Waals surface area contributed by atoms with Crippen LogP contribution < -0.4 is 9.80 Å². The summed E-state index contributed by atoms with van der Waals surface area (Å²) in [4.78, 5) is 12.7. The van der Waals surface area contributed by atoms with E-state index in [1.807, 2.05) is 30.0 Å². The van der Waals surface area contributed by atoms with Crippen LogP contribution in [0, 0.1) is 0 Å². The fraction of sp³-hybridized carbons (Fsp3) is 0.533. The van der Waals surface area contributed by atoms with Gasteiger partial charge in [0.1, 0.15) is 5.82 Å². The SMILES string of the molecule is CN(C)c1ccnc(N2CCCC(n3ccc(C(F)(F)F)n3)C2)n1. The van der Waals surface area contributed by atoms with Crippen molar-refractivity contribution in [2.24, 2.45) is 0 Å². The molecule has 0 spiro atoms. The second kappa shape index (κ2) is 6.29. The van der Waals surface area contributed by atoms with Crippen molar-refractivity contribution in [2.45, 2.75) is 25.1 Å². The van der Waals surface area contributed by atoms with E-state index in [9.17, 15) is 13.2 Å². The van der Waals surface area contributed by atoms with Crippen molar-refractivity contribution < 1.29 is 13.2 Å². The zero-order chi connectivity index (χ0) is 17.3. The van der Waals surface area contributed by atoms with Gasteiger partial charge < -0.3 is 9.80 Å². The van der Waals surface area contributed by atoms with Gasteiger partial charge in [0, 0.05) is 39.6 Å². The molecule has 6 nitrogen and oxygen atoms in total. The lowest BCUT2D eigenvalue weighted by molar-refractivity contribution is -0.141. The molecule has 1 unspecified atom stereocenters. The minimum absolute atomic E-state index is 0.124. The number of aromatic nitrogens is 4. The van der Waals surface area contributed by atoms with Gasteiger partial charge in [-0.25, -0.2) is 4.98 Å². The molecule has 1 aliphatic rings. The summed E-state index contributed by atoms with van der Waals surface area (Å²) >= 11 is 0. The Balaban J connectivity index is 1.77. The van der Waals surface area contributed by atoms with E-state index in [0.717, 1.165) is 31.3 Å². The molecule has 0 saturated carbocycles. The highest BCUT2D eigenvalue weighted by atomic mass is 19.4. The van der Waals surface area contributed by atoms with Gasteiger partial charge >= 0.3 is 6.18 Å². The summed E-state index contributed by atoms with van der Waals surface area (Å²) in [5.41, 5.74) is -0.856. The minimum Gasteiger partial charge on any atom is -0.363 e. The van der Waals surface area contributed by atoms with Crippen LogP contribution in [0.2, 0.25) is 0 Å². The fourth-order valence-electron chi connectivity index (χ4n) is 2.79. The Bertz CT molecular complexity index is 697. The van der Waals surface area contributed by atoms with Crippen LogP contribution in [0.25, 0.3) is 0 Å². The molecule has 1 saturated heterocycles. The van der Waals surface area contributed by atoms with Gasteiger partial charge in [-0.15, -0.1) is 0 Å². The molecule has 0 radical (unpaired) electrons. The second-order valence-corrected chi connectivity index (χ2v) is 6.03. The summed E-state index contributed by atoms with van der Waals surface area (Å²) in [7, 11) is 3.79. The Hall–Kier alpha value is -2.32. The van der Waals surface area contributed by atoms with E-state index in [1.165, 1.54) is 10.9 Å². The molecule has 3 heterocycles. The lowest BCUT2D eigenvalue weighted by atomic mass is 10.1. The fourth-order valence-corrected chi connectivity index (χ4v) is 2.79. The van der Waals surface area contributed by atoms with Crippen LogP contribution in [0.15, 0.2) is 24.5 Å². The molecule has 1 fully saturated rings. The highest BCUT2D eigenvalue weighted by Crippen LogP contribution is 2.30.